The zero-order valence-electron chi connectivity index (χ0n) is 12.2. The molecule has 1 heteroatoms. The summed E-state index contributed by atoms with van der Waals surface area (Å²) in [6.45, 7) is 2.49. The molecule has 0 aromatic heterocycles. The van der Waals surface area contributed by atoms with Gasteiger partial charge in [-0.2, -0.15) is 0 Å². The molecule has 0 unspecified atom stereocenters. The molecule has 0 saturated heterocycles. The van der Waals surface area contributed by atoms with E-state index in [1.165, 1.54) is 16.7 Å². The van der Waals surface area contributed by atoms with Crippen LogP contribution < -0.4 is 10.6 Å². The summed E-state index contributed by atoms with van der Waals surface area (Å²) in [6, 6.07) is 28.9. The highest BCUT2D eigenvalue weighted by molar-refractivity contribution is 7.89. The summed E-state index contributed by atoms with van der Waals surface area (Å²) in [4.78, 5) is 0. The summed E-state index contributed by atoms with van der Waals surface area (Å²) in [5.41, 5.74) is 4.33. The predicted molar refractivity (Wildman–Crippen MR) is 94.1 cm³/mol. The Morgan fingerprint density at radius 2 is 1.10 bits per heavy atom. The summed E-state index contributed by atoms with van der Waals surface area (Å²) in [5, 5.41) is 3.13. The Balaban J connectivity index is 1.92. The third-order valence-corrected chi connectivity index (χ3v) is 8.41. The zero-order chi connectivity index (χ0) is 14.3. The van der Waals surface area contributed by atoms with Gasteiger partial charge >= 0.3 is 0 Å². The highest BCUT2D eigenvalue weighted by Crippen LogP contribution is 2.62. The highest BCUT2D eigenvalue weighted by atomic mass is 31.2. The van der Waals surface area contributed by atoms with Gasteiger partial charge in [-0.25, -0.2) is 0 Å². The Kier molecular flexibility index (Phi) is 2.94. The first-order valence-electron chi connectivity index (χ1n) is 7.38. The monoisotopic (exact) mass is 289 g/mol. The van der Waals surface area contributed by atoms with Crippen LogP contribution in [0.2, 0.25) is 0 Å². The van der Waals surface area contributed by atoms with E-state index in [-0.39, 0.29) is 0 Å². The van der Waals surface area contributed by atoms with Crippen molar-refractivity contribution in [3.8, 4) is 11.1 Å². The van der Waals surface area contributed by atoms with E-state index in [1.54, 1.807) is 10.6 Å². The van der Waals surface area contributed by atoms with Gasteiger partial charge in [0.2, 0.25) is 0 Å². The van der Waals surface area contributed by atoms with Crippen LogP contribution in [0.1, 0.15) is 5.56 Å². The first-order chi connectivity index (χ1) is 10.3. The van der Waals surface area contributed by atoms with Crippen molar-refractivity contribution >= 4 is 17.9 Å². The summed E-state index contributed by atoms with van der Waals surface area (Å²) in [7, 11) is -1.32. The minimum absolute atomic E-state index is 1.15. The van der Waals surface area contributed by atoms with Gasteiger partial charge < -0.3 is 0 Å². The summed E-state index contributed by atoms with van der Waals surface area (Å²) < 4.78 is 0. The van der Waals surface area contributed by atoms with E-state index < -0.39 is 7.26 Å². The molecule has 0 saturated carbocycles. The Labute approximate surface area is 126 Å². The second-order valence-corrected chi connectivity index (χ2v) is 9.53. The van der Waals surface area contributed by atoms with Crippen LogP contribution in [0.15, 0.2) is 78.9 Å². The number of fused-ring (bicyclic) bond motifs is 3. The predicted octanol–water partition coefficient (Wildman–Crippen LogP) is 4.47. The normalized spacial score (nSPS) is 14.5. The lowest BCUT2D eigenvalue weighted by Gasteiger charge is -2.30. The number of benzene rings is 3. The molecule has 3 aromatic carbocycles. The van der Waals surface area contributed by atoms with Gasteiger partial charge in [0.15, 0.2) is 0 Å². The highest BCUT2D eigenvalue weighted by Gasteiger charge is 2.36. The van der Waals surface area contributed by atoms with Gasteiger partial charge in [0.25, 0.3) is 0 Å². The van der Waals surface area contributed by atoms with Gasteiger partial charge in [0, 0.05) is 0 Å². The molecule has 0 spiro atoms. The van der Waals surface area contributed by atoms with Crippen molar-refractivity contribution in [1.29, 1.82) is 0 Å². The molecule has 0 aliphatic carbocycles. The SMILES string of the molecule is C[P]1(Cc2ccccc2)c2ccccc2-c2ccccc21. The minimum Gasteiger partial charge on any atom is -0.0674 e. The smallest absolute Gasteiger partial charge is 0.00331 e. The fourth-order valence-electron chi connectivity index (χ4n) is 3.51. The summed E-state index contributed by atoms with van der Waals surface area (Å²) in [5.74, 6) is 0. The van der Waals surface area contributed by atoms with Crippen LogP contribution in [-0.4, -0.2) is 6.66 Å². The van der Waals surface area contributed by atoms with Crippen molar-refractivity contribution in [1.82, 2.24) is 0 Å². The molecule has 1 aliphatic heterocycles. The van der Waals surface area contributed by atoms with Crippen LogP contribution in [0, 0.1) is 0 Å². The molecule has 0 amide bonds. The van der Waals surface area contributed by atoms with E-state index >= 15 is 0 Å². The van der Waals surface area contributed by atoms with Crippen molar-refractivity contribution in [2.75, 3.05) is 6.66 Å². The van der Waals surface area contributed by atoms with Crippen LogP contribution in [0.3, 0.4) is 0 Å². The lowest BCUT2D eigenvalue weighted by atomic mass is 10.1. The molecule has 1 aliphatic rings. The zero-order valence-corrected chi connectivity index (χ0v) is 13.1. The third kappa shape index (κ3) is 1.94. The van der Waals surface area contributed by atoms with E-state index in [0.717, 1.165) is 6.16 Å². The maximum Gasteiger partial charge on any atom is -0.00331 e. The van der Waals surface area contributed by atoms with E-state index in [9.17, 15) is 0 Å². The van der Waals surface area contributed by atoms with Crippen LogP contribution in [0.25, 0.3) is 11.1 Å². The van der Waals surface area contributed by atoms with Crippen molar-refractivity contribution < 1.29 is 0 Å². The van der Waals surface area contributed by atoms with E-state index in [0.29, 0.717) is 0 Å². The van der Waals surface area contributed by atoms with Crippen molar-refractivity contribution in [3.63, 3.8) is 0 Å². The van der Waals surface area contributed by atoms with Crippen LogP contribution >= 0.6 is 7.26 Å². The van der Waals surface area contributed by atoms with Crippen LogP contribution in [0.4, 0.5) is 0 Å². The Bertz CT molecular complexity index is 744. The molecular weight excluding hydrogens is 271 g/mol. The largest absolute Gasteiger partial charge is 0.0674 e. The maximum atomic E-state index is 2.49. The molecule has 0 N–H and O–H groups in total. The molecule has 0 nitrogen and oxygen atoms in total. The van der Waals surface area contributed by atoms with Gasteiger partial charge in [-0.05, 0) is 40.1 Å². The van der Waals surface area contributed by atoms with Gasteiger partial charge in [0.05, 0.1) is 0 Å². The summed E-state index contributed by atoms with van der Waals surface area (Å²) >= 11 is 0. The Morgan fingerprint density at radius 1 is 0.619 bits per heavy atom. The first-order valence-corrected chi connectivity index (χ1v) is 9.80. The fraction of sp³-hybridized carbons (Fsp3) is 0.100. The summed E-state index contributed by atoms with van der Waals surface area (Å²) in [6.07, 6.45) is 1.15. The molecule has 0 fully saturated rings. The van der Waals surface area contributed by atoms with Gasteiger partial charge in [-0.15, -0.1) is 0 Å². The topological polar surface area (TPSA) is 0 Å². The molecule has 103 valence electrons. The van der Waals surface area contributed by atoms with E-state index in [4.69, 9.17) is 0 Å². The van der Waals surface area contributed by atoms with Crippen LogP contribution in [0.5, 0.6) is 0 Å². The lowest BCUT2D eigenvalue weighted by molar-refractivity contribution is 1.39. The molecule has 1 radical (unpaired) electrons. The molecule has 1 heterocycles. The van der Waals surface area contributed by atoms with Gasteiger partial charge in [-0.3, -0.25) is 0 Å². The second kappa shape index (κ2) is 4.83. The maximum absolute atomic E-state index is 2.49. The second-order valence-electron chi connectivity index (χ2n) is 5.87. The van der Waals surface area contributed by atoms with Gasteiger partial charge in [-0.1, -0.05) is 86.1 Å². The molecule has 0 bridgehead atoms. The third-order valence-electron chi connectivity index (χ3n) is 4.50. The average Bonchev–Trinajstić information content (AvgIpc) is 2.79. The van der Waals surface area contributed by atoms with E-state index in [2.05, 4.69) is 85.5 Å². The minimum atomic E-state index is -1.32. The Morgan fingerprint density at radius 3 is 1.67 bits per heavy atom. The molecule has 4 rings (SSSR count). The lowest BCUT2D eigenvalue weighted by Crippen LogP contribution is -2.17. The number of hydrogen-bond acceptors (Lipinski definition) is 0. The number of rotatable bonds is 2. The van der Waals surface area contributed by atoms with Crippen molar-refractivity contribution in [3.05, 3.63) is 84.4 Å². The fourth-order valence-corrected chi connectivity index (χ4v) is 7.34. The van der Waals surface area contributed by atoms with Crippen LogP contribution in [-0.2, 0) is 6.16 Å². The molecule has 0 atom stereocenters. The van der Waals surface area contributed by atoms with Crippen molar-refractivity contribution in [2.24, 2.45) is 0 Å². The standard InChI is InChI=1S/C20H18P/c1-21(15-16-9-3-2-4-10-16)19-13-7-5-11-17(19)18-12-6-8-14-20(18)21/h2-14H,15H2,1H3. The molecule has 21 heavy (non-hydrogen) atoms. The molecular formula is C20H18P. The van der Waals surface area contributed by atoms with E-state index in [1.807, 2.05) is 0 Å². The number of hydrogen-bond donors (Lipinski definition) is 0. The van der Waals surface area contributed by atoms with Crippen molar-refractivity contribution in [2.45, 2.75) is 6.16 Å². The Hall–Kier alpha value is -1.91. The average molecular weight is 289 g/mol. The quantitative estimate of drug-likeness (QED) is 0.611. The molecule has 3 aromatic rings. The van der Waals surface area contributed by atoms with Gasteiger partial charge in [0.1, 0.15) is 0 Å². The first kappa shape index (κ1) is 12.8.